The number of anilines is 1. The minimum absolute atomic E-state index is 0.215. The van der Waals surface area contributed by atoms with E-state index in [-0.39, 0.29) is 24.8 Å². The van der Waals surface area contributed by atoms with Gasteiger partial charge in [-0.3, -0.25) is 14.8 Å². The quantitative estimate of drug-likeness (QED) is 0.461. The third kappa shape index (κ3) is 5.29. The van der Waals surface area contributed by atoms with Crippen LogP contribution >= 0.6 is 0 Å². The molecule has 0 N–H and O–H groups in total. The number of carbonyl (C=O) groups is 1. The summed E-state index contributed by atoms with van der Waals surface area (Å²) in [5, 5.41) is 0. The van der Waals surface area contributed by atoms with Gasteiger partial charge in [0.1, 0.15) is 18.2 Å². The van der Waals surface area contributed by atoms with Crippen LogP contribution in [0.3, 0.4) is 0 Å². The summed E-state index contributed by atoms with van der Waals surface area (Å²) in [4.78, 5) is 23.8. The molecule has 5 rings (SSSR count). The van der Waals surface area contributed by atoms with Crippen molar-refractivity contribution in [2.45, 2.75) is 46.1 Å². The molecule has 2 aliphatic heterocycles. The zero-order valence-electron chi connectivity index (χ0n) is 20.2. The predicted molar refractivity (Wildman–Crippen MR) is 132 cm³/mol. The lowest BCUT2D eigenvalue weighted by Gasteiger charge is -2.40. The van der Waals surface area contributed by atoms with Crippen LogP contribution in [-0.2, 0) is 29.0 Å². The van der Waals surface area contributed by atoms with Gasteiger partial charge in [0.05, 0.1) is 36.3 Å². The Bertz CT molecular complexity index is 1200. The summed E-state index contributed by atoms with van der Waals surface area (Å²) in [7, 11) is 0. The second-order valence-corrected chi connectivity index (χ2v) is 10.0. The highest BCUT2D eigenvalue weighted by molar-refractivity contribution is 5.85. The molecule has 2 aromatic heterocycles. The third-order valence-electron chi connectivity index (χ3n) is 6.95. The molecule has 6 nitrogen and oxygen atoms in total. The molecule has 35 heavy (non-hydrogen) atoms. The van der Waals surface area contributed by atoms with Gasteiger partial charge in [-0.05, 0) is 48.1 Å². The number of hydrogen-bond acceptors (Lipinski definition) is 6. The van der Waals surface area contributed by atoms with Gasteiger partial charge in [-0.25, -0.2) is 4.39 Å². The van der Waals surface area contributed by atoms with Crippen LogP contribution in [0, 0.1) is 11.2 Å². The van der Waals surface area contributed by atoms with E-state index in [1.165, 1.54) is 12.1 Å². The molecule has 1 fully saturated rings. The standard InChI is InChI=1S/C28H30FN3O3/c1-28(2)10-12-32(13-11-28)27-22-15-26(33)35-18-25(22)31-17-23(27)24-8-7-21(16-30-24)34-14-9-19-3-5-20(29)6-4-19/h3-8,16-17H,9-15,18H2,1-2H3. The number of esters is 1. The van der Waals surface area contributed by atoms with Crippen molar-refractivity contribution in [3.05, 3.63) is 71.4 Å². The number of nitrogens with zero attached hydrogens (tertiary/aromatic N) is 3. The number of pyridine rings is 2. The summed E-state index contributed by atoms with van der Waals surface area (Å²) in [6, 6.07) is 10.3. The first kappa shape index (κ1) is 23.3. The van der Waals surface area contributed by atoms with Gasteiger partial charge in [-0.1, -0.05) is 26.0 Å². The Hall–Kier alpha value is -3.48. The lowest BCUT2D eigenvalue weighted by atomic mass is 9.82. The lowest BCUT2D eigenvalue weighted by molar-refractivity contribution is -0.145. The van der Waals surface area contributed by atoms with Gasteiger partial charge < -0.3 is 14.4 Å². The highest BCUT2D eigenvalue weighted by atomic mass is 19.1. The summed E-state index contributed by atoms with van der Waals surface area (Å²) in [6.07, 6.45) is 6.66. The van der Waals surface area contributed by atoms with Crippen molar-refractivity contribution < 1.29 is 18.7 Å². The van der Waals surface area contributed by atoms with Crippen molar-refractivity contribution in [1.82, 2.24) is 9.97 Å². The highest BCUT2D eigenvalue weighted by Gasteiger charge is 2.31. The predicted octanol–water partition coefficient (Wildman–Crippen LogP) is 5.13. The van der Waals surface area contributed by atoms with Crippen molar-refractivity contribution in [3.63, 3.8) is 0 Å². The van der Waals surface area contributed by atoms with E-state index in [1.807, 2.05) is 18.3 Å². The number of rotatable bonds is 6. The highest BCUT2D eigenvalue weighted by Crippen LogP contribution is 2.40. The number of piperidine rings is 1. The maximum Gasteiger partial charge on any atom is 0.310 e. The SMILES string of the molecule is CC1(C)CCN(c2c(-c3ccc(OCCc4ccc(F)cc4)cn3)cnc3c2CC(=O)OC3)CC1. The molecule has 3 aromatic rings. The topological polar surface area (TPSA) is 64.5 Å². The van der Waals surface area contributed by atoms with E-state index < -0.39 is 0 Å². The monoisotopic (exact) mass is 475 g/mol. The maximum absolute atomic E-state index is 13.1. The van der Waals surface area contributed by atoms with Crippen LogP contribution in [0.2, 0.25) is 0 Å². The van der Waals surface area contributed by atoms with E-state index in [0.29, 0.717) is 24.2 Å². The Morgan fingerprint density at radius 1 is 1.06 bits per heavy atom. The summed E-state index contributed by atoms with van der Waals surface area (Å²) >= 11 is 0. The Morgan fingerprint density at radius 2 is 1.83 bits per heavy atom. The normalized spacial score (nSPS) is 17.0. The molecule has 0 amide bonds. The maximum atomic E-state index is 13.1. The van der Waals surface area contributed by atoms with Gasteiger partial charge in [0, 0.05) is 36.8 Å². The average Bonchev–Trinajstić information content (AvgIpc) is 2.85. The molecule has 0 spiro atoms. The smallest absolute Gasteiger partial charge is 0.310 e. The number of halogens is 1. The molecule has 182 valence electrons. The molecule has 0 radical (unpaired) electrons. The minimum Gasteiger partial charge on any atom is -0.492 e. The van der Waals surface area contributed by atoms with Gasteiger partial charge in [0.15, 0.2) is 0 Å². The number of ether oxygens (including phenoxy) is 2. The first-order chi connectivity index (χ1) is 16.9. The van der Waals surface area contributed by atoms with E-state index in [2.05, 4.69) is 28.7 Å². The van der Waals surface area contributed by atoms with Crippen LogP contribution < -0.4 is 9.64 Å². The molecule has 1 aromatic carbocycles. The fourth-order valence-corrected chi connectivity index (χ4v) is 4.68. The average molecular weight is 476 g/mol. The van der Waals surface area contributed by atoms with Gasteiger partial charge >= 0.3 is 5.97 Å². The molecular formula is C28H30FN3O3. The van der Waals surface area contributed by atoms with E-state index >= 15 is 0 Å². The fraction of sp³-hybridized carbons (Fsp3) is 0.393. The summed E-state index contributed by atoms with van der Waals surface area (Å²) in [5.74, 6) is 0.218. The fourth-order valence-electron chi connectivity index (χ4n) is 4.68. The Kier molecular flexibility index (Phi) is 6.41. The van der Waals surface area contributed by atoms with Crippen molar-refractivity contribution in [2.24, 2.45) is 5.41 Å². The lowest BCUT2D eigenvalue weighted by Crippen LogP contribution is -2.38. The number of benzene rings is 1. The Balaban J connectivity index is 1.37. The van der Waals surface area contributed by atoms with Gasteiger partial charge in [0.2, 0.25) is 0 Å². The number of fused-ring (bicyclic) bond motifs is 1. The minimum atomic E-state index is -0.240. The number of aromatic nitrogens is 2. The molecule has 0 atom stereocenters. The molecule has 0 unspecified atom stereocenters. The molecule has 0 saturated carbocycles. The molecule has 1 saturated heterocycles. The van der Waals surface area contributed by atoms with Crippen molar-refractivity contribution >= 4 is 11.7 Å². The van der Waals surface area contributed by atoms with Gasteiger partial charge in [0.25, 0.3) is 0 Å². The molecule has 7 heteroatoms. The summed E-state index contributed by atoms with van der Waals surface area (Å²) in [6.45, 7) is 7.16. The van der Waals surface area contributed by atoms with Gasteiger partial charge in [-0.2, -0.15) is 0 Å². The van der Waals surface area contributed by atoms with Crippen molar-refractivity contribution in [1.29, 1.82) is 0 Å². The second-order valence-electron chi connectivity index (χ2n) is 10.0. The molecule has 2 aliphatic rings. The van der Waals surface area contributed by atoms with Crippen LogP contribution in [0.25, 0.3) is 11.3 Å². The number of hydrogen-bond donors (Lipinski definition) is 0. The molecular weight excluding hydrogens is 445 g/mol. The summed E-state index contributed by atoms with van der Waals surface area (Å²) < 4.78 is 24.2. The van der Waals surface area contributed by atoms with E-state index in [0.717, 1.165) is 59.7 Å². The second kappa shape index (κ2) is 9.64. The first-order valence-corrected chi connectivity index (χ1v) is 12.1. The van der Waals surface area contributed by atoms with Crippen molar-refractivity contribution in [2.75, 3.05) is 24.6 Å². The third-order valence-corrected chi connectivity index (χ3v) is 6.95. The van der Waals surface area contributed by atoms with Crippen LogP contribution in [0.15, 0.2) is 48.8 Å². The largest absolute Gasteiger partial charge is 0.492 e. The Labute approximate surface area is 205 Å². The van der Waals surface area contributed by atoms with Crippen LogP contribution in [0.5, 0.6) is 5.75 Å². The number of carbonyl (C=O) groups excluding carboxylic acids is 1. The van der Waals surface area contributed by atoms with E-state index in [9.17, 15) is 9.18 Å². The Morgan fingerprint density at radius 3 is 2.54 bits per heavy atom. The number of cyclic esters (lactones) is 1. The molecule has 0 bridgehead atoms. The van der Waals surface area contributed by atoms with E-state index in [1.54, 1.807) is 18.3 Å². The van der Waals surface area contributed by atoms with Gasteiger partial charge in [-0.15, -0.1) is 0 Å². The first-order valence-electron chi connectivity index (χ1n) is 12.1. The van der Waals surface area contributed by atoms with Crippen molar-refractivity contribution in [3.8, 4) is 17.0 Å². The summed E-state index contributed by atoms with van der Waals surface area (Å²) in [5.41, 5.74) is 5.90. The van der Waals surface area contributed by atoms with Crippen LogP contribution in [0.1, 0.15) is 43.5 Å². The zero-order valence-corrected chi connectivity index (χ0v) is 20.2. The van der Waals surface area contributed by atoms with E-state index in [4.69, 9.17) is 9.47 Å². The molecule has 0 aliphatic carbocycles. The van der Waals surface area contributed by atoms with Crippen LogP contribution in [-0.4, -0.2) is 35.6 Å². The molecule has 4 heterocycles. The zero-order chi connectivity index (χ0) is 24.4. The van der Waals surface area contributed by atoms with Crippen LogP contribution in [0.4, 0.5) is 10.1 Å².